The van der Waals surface area contributed by atoms with Crippen molar-refractivity contribution < 1.29 is 23.8 Å². The van der Waals surface area contributed by atoms with Crippen LogP contribution < -0.4 is 14.8 Å². The lowest BCUT2D eigenvalue weighted by atomic mass is 9.90. The zero-order valence-corrected chi connectivity index (χ0v) is 17.3. The van der Waals surface area contributed by atoms with Crippen LogP contribution in [0.2, 0.25) is 0 Å². The zero-order chi connectivity index (χ0) is 21.2. The van der Waals surface area contributed by atoms with Crippen LogP contribution in [0.3, 0.4) is 0 Å². The molecular weight excluding hydrogens is 360 g/mol. The van der Waals surface area contributed by atoms with Crippen molar-refractivity contribution in [2.45, 2.75) is 59.1 Å². The van der Waals surface area contributed by atoms with Gasteiger partial charge in [0.15, 0.2) is 17.6 Å². The number of hydrogen-bond acceptors (Lipinski definition) is 6. The van der Waals surface area contributed by atoms with Crippen molar-refractivity contribution in [1.82, 2.24) is 5.32 Å². The van der Waals surface area contributed by atoms with Crippen molar-refractivity contribution in [3.63, 3.8) is 0 Å². The van der Waals surface area contributed by atoms with Crippen LogP contribution in [0.15, 0.2) is 24.3 Å². The van der Waals surface area contributed by atoms with Gasteiger partial charge in [-0.05, 0) is 45.2 Å². The Morgan fingerprint density at radius 3 is 2.32 bits per heavy atom. The molecule has 7 nitrogen and oxygen atoms in total. The fourth-order valence-electron chi connectivity index (χ4n) is 2.21. The maximum atomic E-state index is 12.2. The summed E-state index contributed by atoms with van der Waals surface area (Å²) in [7, 11) is 0. The number of ether oxygens (including phenoxy) is 3. The van der Waals surface area contributed by atoms with E-state index in [0.29, 0.717) is 31.1 Å². The number of amides is 1. The second kappa shape index (κ2) is 11.2. The van der Waals surface area contributed by atoms with Crippen molar-refractivity contribution in [1.29, 1.82) is 5.26 Å². The zero-order valence-electron chi connectivity index (χ0n) is 17.3. The van der Waals surface area contributed by atoms with Crippen LogP contribution in [-0.4, -0.2) is 36.7 Å². The summed E-state index contributed by atoms with van der Waals surface area (Å²) in [6.07, 6.45) is -0.414. The molecule has 28 heavy (non-hydrogen) atoms. The van der Waals surface area contributed by atoms with Crippen molar-refractivity contribution in [2.75, 3.05) is 13.2 Å². The summed E-state index contributed by atoms with van der Waals surface area (Å²) in [5.74, 6) is 0.208. The molecule has 0 saturated heterocycles. The minimum absolute atomic E-state index is 0.0823. The van der Waals surface area contributed by atoms with E-state index in [2.05, 4.69) is 11.4 Å². The molecule has 0 aromatic heterocycles. The summed E-state index contributed by atoms with van der Waals surface area (Å²) in [6, 6.07) is 9.42. The van der Waals surface area contributed by atoms with E-state index in [9.17, 15) is 14.9 Å². The van der Waals surface area contributed by atoms with Crippen molar-refractivity contribution >= 4 is 11.9 Å². The number of carbonyl (C=O) groups is 2. The van der Waals surface area contributed by atoms with Crippen LogP contribution in [0.25, 0.3) is 0 Å². The molecule has 7 heteroatoms. The van der Waals surface area contributed by atoms with Gasteiger partial charge in [-0.15, -0.1) is 0 Å². The first-order valence-corrected chi connectivity index (χ1v) is 9.50. The molecule has 154 valence electrons. The van der Waals surface area contributed by atoms with Gasteiger partial charge in [0.1, 0.15) is 5.54 Å². The Kier molecular flexibility index (Phi) is 9.29. The Labute approximate surface area is 167 Å². The minimum atomic E-state index is -1.01. The number of para-hydroxylation sites is 2. The number of nitriles is 1. The Morgan fingerprint density at radius 2 is 1.79 bits per heavy atom. The molecule has 1 aromatic rings. The lowest BCUT2D eigenvalue weighted by Gasteiger charge is -2.28. The van der Waals surface area contributed by atoms with Crippen molar-refractivity contribution in [3.8, 4) is 17.6 Å². The molecular formula is C21H30N2O5. The van der Waals surface area contributed by atoms with E-state index < -0.39 is 23.5 Å². The summed E-state index contributed by atoms with van der Waals surface area (Å²) >= 11 is 0. The standard InChI is InChI=1S/C21H30N2O5/c1-6-26-17-10-7-8-11-18(17)27-13-9-12-19(24)28-16(4)20(25)23-21(5,14-22)15(2)3/h7-8,10-11,15-16H,6,9,12-13H2,1-5H3,(H,23,25). The average molecular weight is 390 g/mol. The monoisotopic (exact) mass is 390 g/mol. The molecule has 0 aliphatic rings. The molecule has 1 amide bonds. The lowest BCUT2D eigenvalue weighted by Crippen LogP contribution is -2.52. The van der Waals surface area contributed by atoms with Gasteiger partial charge in [0.2, 0.25) is 0 Å². The van der Waals surface area contributed by atoms with Crippen LogP contribution in [0.5, 0.6) is 11.5 Å². The number of rotatable bonds is 11. The summed E-state index contributed by atoms with van der Waals surface area (Å²) < 4.78 is 16.3. The van der Waals surface area contributed by atoms with Crippen LogP contribution >= 0.6 is 0 Å². The number of esters is 1. The highest BCUT2D eigenvalue weighted by molar-refractivity contribution is 5.84. The normalized spacial score (nSPS) is 13.8. The molecule has 0 heterocycles. The van der Waals surface area contributed by atoms with Crippen molar-refractivity contribution in [2.24, 2.45) is 5.92 Å². The molecule has 0 aliphatic carbocycles. The van der Waals surface area contributed by atoms with E-state index in [4.69, 9.17) is 14.2 Å². The number of hydrogen-bond donors (Lipinski definition) is 1. The number of nitrogens with one attached hydrogen (secondary N) is 1. The van der Waals surface area contributed by atoms with E-state index in [1.54, 1.807) is 13.0 Å². The van der Waals surface area contributed by atoms with E-state index in [1.807, 2.05) is 39.0 Å². The largest absolute Gasteiger partial charge is 0.490 e. The summed E-state index contributed by atoms with van der Waals surface area (Å²) in [6.45, 7) is 9.55. The third-order valence-corrected chi connectivity index (χ3v) is 4.38. The van der Waals surface area contributed by atoms with Crippen LogP contribution in [0.4, 0.5) is 0 Å². The van der Waals surface area contributed by atoms with Crippen LogP contribution in [0, 0.1) is 17.2 Å². The first kappa shape index (κ1) is 23.3. The quantitative estimate of drug-likeness (QED) is 0.460. The third kappa shape index (κ3) is 7.10. The molecule has 1 rings (SSSR count). The molecule has 0 radical (unpaired) electrons. The van der Waals surface area contributed by atoms with Gasteiger partial charge in [0, 0.05) is 6.42 Å². The van der Waals surface area contributed by atoms with E-state index in [-0.39, 0.29) is 12.3 Å². The molecule has 0 bridgehead atoms. The summed E-state index contributed by atoms with van der Waals surface area (Å²) in [4.78, 5) is 24.2. The van der Waals surface area contributed by atoms with Gasteiger partial charge in [0.25, 0.3) is 5.91 Å². The van der Waals surface area contributed by atoms with Gasteiger partial charge in [0.05, 0.1) is 19.3 Å². The number of nitrogens with zero attached hydrogens (tertiary/aromatic N) is 1. The highest BCUT2D eigenvalue weighted by atomic mass is 16.5. The minimum Gasteiger partial charge on any atom is -0.490 e. The van der Waals surface area contributed by atoms with Gasteiger partial charge in [-0.25, -0.2) is 0 Å². The maximum absolute atomic E-state index is 12.2. The Morgan fingerprint density at radius 1 is 1.18 bits per heavy atom. The first-order chi connectivity index (χ1) is 13.2. The molecule has 0 saturated carbocycles. The maximum Gasteiger partial charge on any atom is 0.306 e. The SMILES string of the molecule is CCOc1ccccc1OCCCC(=O)OC(C)C(=O)NC(C)(C#N)C(C)C. The van der Waals surface area contributed by atoms with Gasteiger partial charge in [-0.1, -0.05) is 26.0 Å². The van der Waals surface area contributed by atoms with Gasteiger partial charge < -0.3 is 19.5 Å². The smallest absolute Gasteiger partial charge is 0.306 e. The molecule has 2 unspecified atom stereocenters. The Bertz CT molecular complexity index is 698. The highest BCUT2D eigenvalue weighted by Gasteiger charge is 2.32. The number of carbonyl (C=O) groups excluding carboxylic acids is 2. The topological polar surface area (TPSA) is 97.7 Å². The van der Waals surface area contributed by atoms with Crippen LogP contribution in [-0.2, 0) is 14.3 Å². The van der Waals surface area contributed by atoms with Gasteiger partial charge in [-0.3, -0.25) is 9.59 Å². The fraction of sp³-hybridized carbons (Fsp3) is 0.571. The van der Waals surface area contributed by atoms with E-state index in [0.717, 1.165) is 0 Å². The Balaban J connectivity index is 2.40. The molecule has 1 aromatic carbocycles. The number of benzene rings is 1. The second-order valence-corrected chi connectivity index (χ2v) is 6.92. The Hall–Kier alpha value is -2.75. The molecule has 0 spiro atoms. The highest BCUT2D eigenvalue weighted by Crippen LogP contribution is 2.26. The first-order valence-electron chi connectivity index (χ1n) is 9.50. The fourth-order valence-corrected chi connectivity index (χ4v) is 2.21. The van der Waals surface area contributed by atoms with Gasteiger partial charge >= 0.3 is 5.97 Å². The molecule has 0 aliphatic heterocycles. The third-order valence-electron chi connectivity index (χ3n) is 4.38. The molecule has 1 N–H and O–H groups in total. The second-order valence-electron chi connectivity index (χ2n) is 6.92. The predicted molar refractivity (Wildman–Crippen MR) is 105 cm³/mol. The lowest BCUT2D eigenvalue weighted by molar-refractivity contribution is -0.155. The van der Waals surface area contributed by atoms with Crippen LogP contribution in [0.1, 0.15) is 47.5 Å². The molecule has 0 fully saturated rings. The van der Waals surface area contributed by atoms with Gasteiger partial charge in [-0.2, -0.15) is 5.26 Å². The molecule has 2 atom stereocenters. The van der Waals surface area contributed by atoms with E-state index >= 15 is 0 Å². The summed E-state index contributed by atoms with van der Waals surface area (Å²) in [5, 5.41) is 11.9. The van der Waals surface area contributed by atoms with Crippen molar-refractivity contribution in [3.05, 3.63) is 24.3 Å². The predicted octanol–water partition coefficient (Wildman–Crippen LogP) is 3.23. The average Bonchev–Trinajstić information content (AvgIpc) is 2.66. The van der Waals surface area contributed by atoms with E-state index in [1.165, 1.54) is 6.92 Å². The summed E-state index contributed by atoms with van der Waals surface area (Å²) in [5.41, 5.74) is -1.01.